The third-order valence-corrected chi connectivity index (χ3v) is 1.44. The quantitative estimate of drug-likeness (QED) is 0.485. The maximum Gasteiger partial charge on any atom is 0.142 e. The van der Waals surface area contributed by atoms with E-state index in [9.17, 15) is 4.79 Å². The number of aldehydes is 1. The predicted octanol–water partition coefficient (Wildman–Crippen LogP) is 1.77. The Hall–Kier alpha value is -1.88. The average molecular weight is 157 g/mol. The van der Waals surface area contributed by atoms with Gasteiger partial charge >= 0.3 is 0 Å². The molecular weight excluding hydrogens is 150 g/mol. The van der Waals surface area contributed by atoms with E-state index < -0.39 is 0 Å². The number of carbonyl (C=O) groups excluding carboxylic acids is 1. The van der Waals surface area contributed by atoms with E-state index in [0.29, 0.717) is 11.8 Å². The lowest BCUT2D eigenvalue weighted by Gasteiger charge is -1.93. The standard InChI is InChI=1S/C10H7NO/c11-8-10-5-2-1-4-9(10)6-3-7-12/h1-7H. The largest absolute Gasteiger partial charge is 0.299 e. The van der Waals surface area contributed by atoms with Gasteiger partial charge in [0.25, 0.3) is 0 Å². The van der Waals surface area contributed by atoms with Gasteiger partial charge in [-0.2, -0.15) is 5.26 Å². The fourth-order valence-corrected chi connectivity index (χ4v) is 0.887. The van der Waals surface area contributed by atoms with Crippen molar-refractivity contribution in [2.45, 2.75) is 0 Å². The van der Waals surface area contributed by atoms with Gasteiger partial charge in [-0.1, -0.05) is 24.3 Å². The molecule has 1 aromatic carbocycles. The molecule has 0 aliphatic carbocycles. The lowest BCUT2D eigenvalue weighted by atomic mass is 10.1. The fourth-order valence-electron chi connectivity index (χ4n) is 0.887. The van der Waals surface area contributed by atoms with Gasteiger partial charge in [-0.15, -0.1) is 0 Å². The molecule has 0 heterocycles. The van der Waals surface area contributed by atoms with Gasteiger partial charge < -0.3 is 0 Å². The number of benzene rings is 1. The van der Waals surface area contributed by atoms with Crippen molar-refractivity contribution in [3.05, 3.63) is 41.5 Å². The molecule has 0 aliphatic heterocycles. The molecule has 0 saturated carbocycles. The first-order valence-corrected chi connectivity index (χ1v) is 3.49. The van der Waals surface area contributed by atoms with Crippen molar-refractivity contribution in [2.24, 2.45) is 0 Å². The van der Waals surface area contributed by atoms with Gasteiger partial charge in [0.15, 0.2) is 0 Å². The minimum absolute atomic E-state index is 0.579. The Morgan fingerprint density at radius 2 is 2.08 bits per heavy atom. The molecule has 0 amide bonds. The Morgan fingerprint density at radius 3 is 2.75 bits per heavy atom. The van der Waals surface area contributed by atoms with E-state index in [0.717, 1.165) is 5.56 Å². The lowest BCUT2D eigenvalue weighted by Crippen LogP contribution is -1.79. The second-order valence-corrected chi connectivity index (χ2v) is 2.19. The molecule has 0 bridgehead atoms. The smallest absolute Gasteiger partial charge is 0.142 e. The molecule has 0 unspecified atom stereocenters. The van der Waals surface area contributed by atoms with Crippen molar-refractivity contribution in [3.63, 3.8) is 0 Å². The topological polar surface area (TPSA) is 40.9 Å². The average Bonchev–Trinajstić information content (AvgIpc) is 2.15. The molecule has 2 nitrogen and oxygen atoms in total. The van der Waals surface area contributed by atoms with Crippen LogP contribution in [0.15, 0.2) is 30.3 Å². The molecule has 2 heteroatoms. The predicted molar refractivity (Wildman–Crippen MR) is 46.3 cm³/mol. The molecule has 0 aliphatic rings. The first-order chi connectivity index (χ1) is 5.88. The highest BCUT2D eigenvalue weighted by molar-refractivity contribution is 5.75. The molecule has 0 saturated heterocycles. The summed E-state index contributed by atoms with van der Waals surface area (Å²) in [6.07, 6.45) is 3.68. The Labute approximate surface area is 70.8 Å². The molecule has 1 aromatic rings. The molecule has 0 aromatic heterocycles. The highest BCUT2D eigenvalue weighted by Crippen LogP contribution is 2.08. The number of hydrogen-bond acceptors (Lipinski definition) is 2. The van der Waals surface area contributed by atoms with Gasteiger partial charge in [-0.25, -0.2) is 0 Å². The van der Waals surface area contributed by atoms with Gasteiger partial charge in [0.2, 0.25) is 0 Å². The van der Waals surface area contributed by atoms with Crippen molar-refractivity contribution in [2.75, 3.05) is 0 Å². The molecule has 0 N–H and O–H groups in total. The van der Waals surface area contributed by atoms with Gasteiger partial charge in [-0.3, -0.25) is 4.79 Å². The van der Waals surface area contributed by atoms with Crippen molar-refractivity contribution in [1.29, 1.82) is 5.26 Å². The zero-order valence-electron chi connectivity index (χ0n) is 6.40. The summed E-state index contributed by atoms with van der Waals surface area (Å²) in [7, 11) is 0. The first kappa shape index (κ1) is 8.22. The molecular formula is C10H7NO. The van der Waals surface area contributed by atoms with Crippen LogP contribution in [-0.4, -0.2) is 6.29 Å². The van der Waals surface area contributed by atoms with Gasteiger partial charge in [0.05, 0.1) is 11.6 Å². The Morgan fingerprint density at radius 1 is 1.33 bits per heavy atom. The van der Waals surface area contributed by atoms with Crippen LogP contribution in [0.4, 0.5) is 0 Å². The molecule has 0 radical (unpaired) electrons. The summed E-state index contributed by atoms with van der Waals surface area (Å²) in [5.41, 5.74) is 1.35. The minimum Gasteiger partial charge on any atom is -0.299 e. The second kappa shape index (κ2) is 4.09. The summed E-state index contributed by atoms with van der Waals surface area (Å²) in [6.45, 7) is 0. The Bertz CT molecular complexity index is 347. The maximum absolute atomic E-state index is 10.0. The number of nitriles is 1. The Balaban J connectivity index is 3.07. The zero-order chi connectivity index (χ0) is 8.81. The van der Waals surface area contributed by atoms with Crippen LogP contribution in [0.3, 0.4) is 0 Å². The van der Waals surface area contributed by atoms with E-state index in [4.69, 9.17) is 5.26 Å². The highest BCUT2D eigenvalue weighted by Gasteiger charge is 1.93. The maximum atomic E-state index is 10.0. The van der Waals surface area contributed by atoms with Crippen LogP contribution in [0.25, 0.3) is 6.08 Å². The highest BCUT2D eigenvalue weighted by atomic mass is 16.1. The van der Waals surface area contributed by atoms with Crippen molar-refractivity contribution >= 4 is 12.4 Å². The van der Waals surface area contributed by atoms with E-state index >= 15 is 0 Å². The van der Waals surface area contributed by atoms with Crippen molar-refractivity contribution in [1.82, 2.24) is 0 Å². The normalized spacial score (nSPS) is 9.58. The summed E-state index contributed by atoms with van der Waals surface area (Å²) < 4.78 is 0. The molecule has 12 heavy (non-hydrogen) atoms. The zero-order valence-corrected chi connectivity index (χ0v) is 6.40. The van der Waals surface area contributed by atoms with Gasteiger partial charge in [-0.05, 0) is 17.7 Å². The van der Waals surface area contributed by atoms with Crippen molar-refractivity contribution in [3.8, 4) is 6.07 Å². The summed E-state index contributed by atoms with van der Waals surface area (Å²) in [4.78, 5) is 10.0. The van der Waals surface area contributed by atoms with E-state index in [2.05, 4.69) is 0 Å². The molecule has 58 valence electrons. The third-order valence-electron chi connectivity index (χ3n) is 1.44. The molecule has 1 rings (SSSR count). The van der Waals surface area contributed by atoms with Crippen LogP contribution >= 0.6 is 0 Å². The van der Waals surface area contributed by atoms with Gasteiger partial charge in [0.1, 0.15) is 6.29 Å². The molecule has 0 atom stereocenters. The number of allylic oxidation sites excluding steroid dienone is 1. The van der Waals surface area contributed by atoms with Crippen LogP contribution in [0.1, 0.15) is 11.1 Å². The van der Waals surface area contributed by atoms with E-state index in [1.807, 2.05) is 12.1 Å². The van der Waals surface area contributed by atoms with E-state index in [1.54, 1.807) is 24.3 Å². The van der Waals surface area contributed by atoms with Gasteiger partial charge in [0, 0.05) is 0 Å². The number of rotatable bonds is 2. The van der Waals surface area contributed by atoms with Crippen LogP contribution in [0.5, 0.6) is 0 Å². The Kier molecular flexibility index (Phi) is 2.80. The summed E-state index contributed by atoms with van der Waals surface area (Å²) >= 11 is 0. The van der Waals surface area contributed by atoms with E-state index in [1.165, 1.54) is 6.08 Å². The third kappa shape index (κ3) is 1.80. The van der Waals surface area contributed by atoms with Crippen LogP contribution in [0, 0.1) is 11.3 Å². The summed E-state index contributed by atoms with van der Waals surface area (Å²) in [5.74, 6) is 0. The minimum atomic E-state index is 0.579. The molecule has 0 fully saturated rings. The second-order valence-electron chi connectivity index (χ2n) is 2.19. The fraction of sp³-hybridized carbons (Fsp3) is 0. The van der Waals surface area contributed by atoms with Crippen LogP contribution in [0.2, 0.25) is 0 Å². The van der Waals surface area contributed by atoms with Crippen LogP contribution in [-0.2, 0) is 4.79 Å². The number of carbonyl (C=O) groups is 1. The van der Waals surface area contributed by atoms with E-state index in [-0.39, 0.29) is 0 Å². The van der Waals surface area contributed by atoms with Crippen molar-refractivity contribution < 1.29 is 4.79 Å². The summed E-state index contributed by atoms with van der Waals surface area (Å²) in [5, 5.41) is 8.65. The van der Waals surface area contributed by atoms with Crippen LogP contribution < -0.4 is 0 Å². The molecule has 0 spiro atoms. The monoisotopic (exact) mass is 157 g/mol. The number of nitrogens with zero attached hydrogens (tertiary/aromatic N) is 1. The lowest BCUT2D eigenvalue weighted by molar-refractivity contribution is -0.104. The SMILES string of the molecule is N#Cc1ccccc1C=CC=O. The number of hydrogen-bond donors (Lipinski definition) is 0. The summed E-state index contributed by atoms with van der Waals surface area (Å²) in [6, 6.07) is 9.15. The first-order valence-electron chi connectivity index (χ1n) is 3.49.